The lowest BCUT2D eigenvalue weighted by Gasteiger charge is -2.26. The molecule has 0 spiro atoms. The van der Waals surface area contributed by atoms with Gasteiger partial charge in [0, 0.05) is 19.6 Å². The second-order valence-corrected chi connectivity index (χ2v) is 4.17. The first-order valence-electron chi connectivity index (χ1n) is 6.46. The normalized spacial score (nSPS) is 14.2. The maximum absolute atomic E-state index is 10.9. The molecule has 0 aromatic heterocycles. The number of carbonyl (C=O) groups is 2. The van der Waals surface area contributed by atoms with Crippen LogP contribution in [0.15, 0.2) is 30.3 Å². The molecule has 0 aliphatic carbocycles. The van der Waals surface area contributed by atoms with Gasteiger partial charge in [0.05, 0.1) is 13.2 Å². The van der Waals surface area contributed by atoms with E-state index in [-0.39, 0.29) is 12.5 Å². The standard InChI is InChI=1S/C8H8O2.C6H12N2O2/c9-7-10-6-8-4-2-1-3-5-8;9-4-3-8-2-1-7-5-6(8)10/h1-5,7H,6H2;7,9H,1-5H2. The summed E-state index contributed by atoms with van der Waals surface area (Å²) in [5.74, 6) is 0.0836. The number of piperazine rings is 1. The van der Waals surface area contributed by atoms with Crippen molar-refractivity contribution in [2.75, 3.05) is 32.8 Å². The molecule has 0 unspecified atom stereocenters. The van der Waals surface area contributed by atoms with Crippen LogP contribution < -0.4 is 5.32 Å². The monoisotopic (exact) mass is 280 g/mol. The molecule has 1 aromatic rings. The van der Waals surface area contributed by atoms with Crippen molar-refractivity contribution in [2.45, 2.75) is 6.61 Å². The average molecular weight is 280 g/mol. The summed E-state index contributed by atoms with van der Waals surface area (Å²) in [7, 11) is 0. The Morgan fingerprint density at radius 1 is 1.35 bits per heavy atom. The smallest absolute Gasteiger partial charge is 0.293 e. The Balaban J connectivity index is 0.000000200. The maximum Gasteiger partial charge on any atom is 0.293 e. The third kappa shape index (κ3) is 6.31. The number of benzene rings is 1. The van der Waals surface area contributed by atoms with Crippen LogP contribution in [0.3, 0.4) is 0 Å². The highest BCUT2D eigenvalue weighted by molar-refractivity contribution is 5.78. The van der Waals surface area contributed by atoms with Crippen LogP contribution in [-0.2, 0) is 20.9 Å². The summed E-state index contributed by atoms with van der Waals surface area (Å²) in [6.07, 6.45) is 0. The van der Waals surface area contributed by atoms with Crippen molar-refractivity contribution < 1.29 is 19.4 Å². The maximum atomic E-state index is 10.9. The van der Waals surface area contributed by atoms with Gasteiger partial charge >= 0.3 is 0 Å². The van der Waals surface area contributed by atoms with E-state index < -0.39 is 0 Å². The molecule has 6 nitrogen and oxygen atoms in total. The number of hydrogen-bond acceptors (Lipinski definition) is 5. The molecule has 110 valence electrons. The second-order valence-electron chi connectivity index (χ2n) is 4.17. The minimum absolute atomic E-state index is 0.0613. The zero-order valence-corrected chi connectivity index (χ0v) is 11.3. The number of nitrogens with zero attached hydrogens (tertiary/aromatic N) is 1. The van der Waals surface area contributed by atoms with E-state index in [4.69, 9.17) is 5.11 Å². The minimum Gasteiger partial charge on any atom is -0.463 e. The van der Waals surface area contributed by atoms with Crippen LogP contribution in [-0.4, -0.2) is 55.2 Å². The molecule has 20 heavy (non-hydrogen) atoms. The summed E-state index contributed by atoms with van der Waals surface area (Å²) in [5, 5.41) is 11.5. The highest BCUT2D eigenvalue weighted by atomic mass is 16.5. The largest absolute Gasteiger partial charge is 0.463 e. The molecule has 1 fully saturated rings. The van der Waals surface area contributed by atoms with Gasteiger partial charge < -0.3 is 20.1 Å². The van der Waals surface area contributed by atoms with Gasteiger partial charge in [-0.2, -0.15) is 0 Å². The lowest BCUT2D eigenvalue weighted by molar-refractivity contribution is -0.132. The number of amides is 1. The minimum atomic E-state index is 0.0613. The third-order valence-electron chi connectivity index (χ3n) is 2.72. The number of β-amino-alcohol motifs (C(OH)–C–C–N with tert-alkyl or cyclic N) is 1. The number of aliphatic hydroxyl groups is 1. The number of hydrogen-bond donors (Lipinski definition) is 2. The van der Waals surface area contributed by atoms with Crippen LogP contribution in [0.4, 0.5) is 0 Å². The fraction of sp³-hybridized carbons (Fsp3) is 0.429. The van der Waals surface area contributed by atoms with Crippen LogP contribution in [0.1, 0.15) is 5.56 Å². The summed E-state index contributed by atoms with van der Waals surface area (Å²) < 4.78 is 4.54. The molecule has 0 radical (unpaired) electrons. The van der Waals surface area contributed by atoms with E-state index in [2.05, 4.69) is 10.1 Å². The predicted molar refractivity (Wildman–Crippen MR) is 73.8 cm³/mol. The highest BCUT2D eigenvalue weighted by Crippen LogP contribution is 1.98. The van der Waals surface area contributed by atoms with Gasteiger partial charge in [0.15, 0.2) is 0 Å². The fourth-order valence-electron chi connectivity index (χ4n) is 1.71. The van der Waals surface area contributed by atoms with Crippen LogP contribution >= 0.6 is 0 Å². The van der Waals surface area contributed by atoms with E-state index in [9.17, 15) is 9.59 Å². The van der Waals surface area contributed by atoms with Crippen molar-refractivity contribution in [3.05, 3.63) is 35.9 Å². The lowest BCUT2D eigenvalue weighted by Crippen LogP contribution is -2.48. The Bertz CT molecular complexity index is 395. The Morgan fingerprint density at radius 2 is 2.10 bits per heavy atom. The fourth-order valence-corrected chi connectivity index (χ4v) is 1.71. The molecule has 1 aliphatic heterocycles. The van der Waals surface area contributed by atoms with Gasteiger partial charge in [-0.05, 0) is 5.56 Å². The third-order valence-corrected chi connectivity index (χ3v) is 2.72. The average Bonchev–Trinajstić information content (AvgIpc) is 2.49. The predicted octanol–water partition coefficient (Wildman–Crippen LogP) is -0.230. The van der Waals surface area contributed by atoms with Crippen LogP contribution in [0.25, 0.3) is 0 Å². The van der Waals surface area contributed by atoms with Crippen molar-refractivity contribution in [3.8, 4) is 0 Å². The van der Waals surface area contributed by atoms with Crippen LogP contribution in [0.5, 0.6) is 0 Å². The molecular formula is C14H20N2O4. The quantitative estimate of drug-likeness (QED) is 0.728. The van der Waals surface area contributed by atoms with Crippen molar-refractivity contribution in [3.63, 3.8) is 0 Å². The summed E-state index contributed by atoms with van der Waals surface area (Å²) in [4.78, 5) is 22.4. The zero-order valence-electron chi connectivity index (χ0n) is 11.3. The summed E-state index contributed by atoms with van der Waals surface area (Å²) in [6.45, 7) is 3.33. The van der Waals surface area contributed by atoms with Crippen molar-refractivity contribution in [1.82, 2.24) is 10.2 Å². The molecule has 1 aromatic carbocycles. The molecule has 0 bridgehead atoms. The molecule has 1 heterocycles. The van der Waals surface area contributed by atoms with Gasteiger partial charge in [-0.3, -0.25) is 9.59 Å². The number of rotatable bonds is 5. The summed E-state index contributed by atoms with van der Waals surface area (Å²) >= 11 is 0. The molecule has 1 saturated heterocycles. The van der Waals surface area contributed by atoms with Crippen molar-refractivity contribution in [2.24, 2.45) is 0 Å². The van der Waals surface area contributed by atoms with Gasteiger partial charge in [0.25, 0.3) is 6.47 Å². The molecule has 2 N–H and O–H groups in total. The van der Waals surface area contributed by atoms with Crippen molar-refractivity contribution >= 4 is 12.4 Å². The molecule has 6 heteroatoms. The van der Waals surface area contributed by atoms with Gasteiger partial charge in [-0.1, -0.05) is 30.3 Å². The SMILES string of the molecule is O=C1CNCCN1CCO.O=COCc1ccccc1. The van der Waals surface area contributed by atoms with Gasteiger partial charge in [0.1, 0.15) is 6.61 Å². The first-order chi connectivity index (χ1) is 9.77. The van der Waals surface area contributed by atoms with Gasteiger partial charge in [-0.15, -0.1) is 0 Å². The summed E-state index contributed by atoms with van der Waals surface area (Å²) in [6, 6.07) is 9.55. The first kappa shape index (κ1) is 16.1. The molecule has 2 rings (SSSR count). The topological polar surface area (TPSA) is 78.9 Å². The van der Waals surface area contributed by atoms with E-state index in [0.717, 1.165) is 18.7 Å². The van der Waals surface area contributed by atoms with E-state index in [1.807, 2.05) is 30.3 Å². The lowest BCUT2D eigenvalue weighted by atomic mass is 10.2. The molecule has 0 saturated carbocycles. The van der Waals surface area contributed by atoms with Crippen LogP contribution in [0.2, 0.25) is 0 Å². The van der Waals surface area contributed by atoms with Crippen molar-refractivity contribution in [1.29, 1.82) is 0 Å². The second kappa shape index (κ2) is 9.94. The number of carbonyl (C=O) groups excluding carboxylic acids is 2. The Morgan fingerprint density at radius 3 is 2.70 bits per heavy atom. The Hall–Kier alpha value is -1.92. The van der Waals surface area contributed by atoms with E-state index >= 15 is 0 Å². The van der Waals surface area contributed by atoms with E-state index in [1.54, 1.807) is 4.90 Å². The summed E-state index contributed by atoms with van der Waals surface area (Å²) in [5.41, 5.74) is 1.01. The van der Waals surface area contributed by atoms with Gasteiger partial charge in [0.2, 0.25) is 5.91 Å². The molecule has 0 atom stereocenters. The van der Waals surface area contributed by atoms with E-state index in [0.29, 0.717) is 26.2 Å². The number of nitrogens with one attached hydrogen (secondary N) is 1. The molecule has 1 amide bonds. The Kier molecular flexibility index (Phi) is 8.02. The first-order valence-corrected chi connectivity index (χ1v) is 6.46. The Labute approximate surface area is 118 Å². The highest BCUT2D eigenvalue weighted by Gasteiger charge is 2.15. The van der Waals surface area contributed by atoms with Gasteiger partial charge in [-0.25, -0.2) is 0 Å². The van der Waals surface area contributed by atoms with E-state index in [1.165, 1.54) is 0 Å². The zero-order chi connectivity index (χ0) is 14.6. The molecular weight excluding hydrogens is 260 g/mol. The van der Waals surface area contributed by atoms with Crippen LogP contribution in [0, 0.1) is 0 Å². The number of ether oxygens (including phenoxy) is 1. The number of aliphatic hydroxyl groups excluding tert-OH is 1. The molecule has 1 aliphatic rings.